The summed E-state index contributed by atoms with van der Waals surface area (Å²) in [7, 11) is 0. The average molecular weight is 261 g/mol. The van der Waals surface area contributed by atoms with E-state index >= 15 is 0 Å². The fourth-order valence-electron chi connectivity index (χ4n) is 1.27. The maximum absolute atomic E-state index is 12.2. The van der Waals surface area contributed by atoms with Crippen molar-refractivity contribution in [1.29, 1.82) is 0 Å². The van der Waals surface area contributed by atoms with Crippen molar-refractivity contribution in [3.05, 3.63) is 29.6 Å². The Bertz CT molecular complexity index is 390. The number of halogens is 3. The van der Waals surface area contributed by atoms with E-state index in [0.29, 0.717) is 13.1 Å². The number of rotatable bonds is 5. The standard InChI is InChI=1S/C11H14F3N3O/c12-11(13,14)9-4-3-8(7-17-9)10(18)16-6-2-1-5-15/h3-4,7H,1-2,5-6,15H2,(H,16,18). The molecule has 4 nitrogen and oxygen atoms in total. The second-order valence-electron chi connectivity index (χ2n) is 3.68. The van der Waals surface area contributed by atoms with Crippen LogP contribution in [0.5, 0.6) is 0 Å². The highest BCUT2D eigenvalue weighted by Crippen LogP contribution is 2.27. The van der Waals surface area contributed by atoms with Crippen LogP contribution >= 0.6 is 0 Å². The van der Waals surface area contributed by atoms with Crippen molar-refractivity contribution in [2.24, 2.45) is 5.73 Å². The fraction of sp³-hybridized carbons (Fsp3) is 0.455. The van der Waals surface area contributed by atoms with Crippen LogP contribution < -0.4 is 11.1 Å². The summed E-state index contributed by atoms with van der Waals surface area (Å²) in [5.41, 5.74) is 4.38. The number of carbonyl (C=O) groups is 1. The van der Waals surface area contributed by atoms with Crippen LogP contribution in [0.2, 0.25) is 0 Å². The van der Waals surface area contributed by atoms with E-state index in [-0.39, 0.29) is 5.56 Å². The van der Waals surface area contributed by atoms with Gasteiger partial charge in [-0.2, -0.15) is 13.2 Å². The number of hydrogen-bond acceptors (Lipinski definition) is 3. The predicted molar refractivity (Wildman–Crippen MR) is 59.9 cm³/mol. The van der Waals surface area contributed by atoms with E-state index in [1.54, 1.807) is 0 Å². The van der Waals surface area contributed by atoms with Crippen LogP contribution in [0.4, 0.5) is 13.2 Å². The summed E-state index contributed by atoms with van der Waals surface area (Å²) in [6.45, 7) is 0.981. The first-order chi connectivity index (χ1) is 8.45. The van der Waals surface area contributed by atoms with E-state index in [9.17, 15) is 18.0 Å². The number of unbranched alkanes of at least 4 members (excludes halogenated alkanes) is 1. The smallest absolute Gasteiger partial charge is 0.352 e. The minimum Gasteiger partial charge on any atom is -0.352 e. The molecule has 0 bridgehead atoms. The molecule has 0 saturated carbocycles. The second-order valence-corrected chi connectivity index (χ2v) is 3.68. The highest BCUT2D eigenvalue weighted by Gasteiger charge is 2.32. The normalized spacial score (nSPS) is 11.3. The lowest BCUT2D eigenvalue weighted by molar-refractivity contribution is -0.141. The Morgan fingerprint density at radius 2 is 2.06 bits per heavy atom. The lowest BCUT2D eigenvalue weighted by Crippen LogP contribution is -2.25. The van der Waals surface area contributed by atoms with Crippen molar-refractivity contribution in [3.63, 3.8) is 0 Å². The first-order valence-corrected chi connectivity index (χ1v) is 5.46. The number of carbonyl (C=O) groups excluding carboxylic acids is 1. The first-order valence-electron chi connectivity index (χ1n) is 5.46. The molecule has 1 rings (SSSR count). The van der Waals surface area contributed by atoms with Gasteiger partial charge in [-0.1, -0.05) is 0 Å². The van der Waals surface area contributed by atoms with Gasteiger partial charge in [0.15, 0.2) is 0 Å². The Morgan fingerprint density at radius 3 is 2.56 bits per heavy atom. The SMILES string of the molecule is NCCCCNC(=O)c1ccc(C(F)(F)F)nc1. The third kappa shape index (κ3) is 4.33. The molecule has 0 aliphatic carbocycles. The van der Waals surface area contributed by atoms with E-state index < -0.39 is 17.8 Å². The molecule has 0 radical (unpaired) electrons. The number of alkyl halides is 3. The third-order valence-electron chi connectivity index (χ3n) is 2.23. The second kappa shape index (κ2) is 6.34. The molecule has 1 aromatic rings. The summed E-state index contributed by atoms with van der Waals surface area (Å²) in [5, 5.41) is 2.58. The van der Waals surface area contributed by atoms with Crippen molar-refractivity contribution >= 4 is 5.91 Å². The van der Waals surface area contributed by atoms with Crippen LogP contribution in [0, 0.1) is 0 Å². The van der Waals surface area contributed by atoms with Crippen LogP contribution in [0.25, 0.3) is 0 Å². The molecule has 7 heteroatoms. The van der Waals surface area contributed by atoms with Crippen molar-refractivity contribution in [1.82, 2.24) is 10.3 Å². The number of aromatic nitrogens is 1. The lowest BCUT2D eigenvalue weighted by Gasteiger charge is -2.07. The van der Waals surface area contributed by atoms with E-state index in [0.717, 1.165) is 31.2 Å². The molecule has 1 aromatic heterocycles. The number of nitrogens with two attached hydrogens (primary N) is 1. The molecular weight excluding hydrogens is 247 g/mol. The van der Waals surface area contributed by atoms with Crippen molar-refractivity contribution in [2.45, 2.75) is 19.0 Å². The summed E-state index contributed by atoms with van der Waals surface area (Å²) in [4.78, 5) is 14.7. The van der Waals surface area contributed by atoms with Crippen LogP contribution in [-0.4, -0.2) is 24.0 Å². The first kappa shape index (κ1) is 14.4. The van der Waals surface area contributed by atoms with E-state index in [1.165, 1.54) is 0 Å². The summed E-state index contributed by atoms with van der Waals surface area (Å²) in [6, 6.07) is 1.89. The van der Waals surface area contributed by atoms with Crippen molar-refractivity contribution in [3.8, 4) is 0 Å². The monoisotopic (exact) mass is 261 g/mol. The zero-order chi connectivity index (χ0) is 13.6. The number of amides is 1. The molecule has 0 fully saturated rings. The Morgan fingerprint density at radius 1 is 1.33 bits per heavy atom. The number of nitrogens with one attached hydrogen (secondary N) is 1. The Hall–Kier alpha value is -1.63. The zero-order valence-corrected chi connectivity index (χ0v) is 9.63. The van der Waals surface area contributed by atoms with E-state index in [2.05, 4.69) is 10.3 Å². The fourth-order valence-corrected chi connectivity index (χ4v) is 1.27. The van der Waals surface area contributed by atoms with Crippen LogP contribution in [0.1, 0.15) is 28.9 Å². The van der Waals surface area contributed by atoms with Gasteiger partial charge in [-0.05, 0) is 31.5 Å². The van der Waals surface area contributed by atoms with E-state index in [4.69, 9.17) is 5.73 Å². The number of pyridine rings is 1. The molecule has 3 N–H and O–H groups in total. The third-order valence-corrected chi connectivity index (χ3v) is 2.23. The summed E-state index contributed by atoms with van der Waals surface area (Å²) in [6.07, 6.45) is -2.06. The van der Waals surface area contributed by atoms with Crippen LogP contribution in [0.15, 0.2) is 18.3 Å². The van der Waals surface area contributed by atoms with Crippen molar-refractivity contribution < 1.29 is 18.0 Å². The maximum Gasteiger partial charge on any atom is 0.433 e. The molecule has 0 saturated heterocycles. The number of hydrogen-bond donors (Lipinski definition) is 2. The van der Waals surface area contributed by atoms with Gasteiger partial charge in [-0.25, -0.2) is 0 Å². The Labute approximate surface area is 102 Å². The molecular formula is C11H14F3N3O. The maximum atomic E-state index is 12.2. The lowest BCUT2D eigenvalue weighted by atomic mass is 10.2. The zero-order valence-electron chi connectivity index (χ0n) is 9.63. The predicted octanol–water partition coefficient (Wildman–Crippen LogP) is 1.57. The molecule has 0 aliphatic heterocycles. The van der Waals surface area contributed by atoms with Gasteiger partial charge in [0.1, 0.15) is 5.69 Å². The van der Waals surface area contributed by atoms with Gasteiger partial charge in [0.05, 0.1) is 5.56 Å². The quantitative estimate of drug-likeness (QED) is 0.790. The molecule has 0 atom stereocenters. The number of nitrogens with zero attached hydrogens (tertiary/aromatic N) is 1. The van der Waals surface area contributed by atoms with Gasteiger partial charge in [0, 0.05) is 12.7 Å². The minimum absolute atomic E-state index is 0.107. The molecule has 0 unspecified atom stereocenters. The summed E-state index contributed by atoms with van der Waals surface area (Å²) < 4.78 is 36.7. The van der Waals surface area contributed by atoms with Gasteiger partial charge < -0.3 is 11.1 Å². The average Bonchev–Trinajstić information content (AvgIpc) is 2.33. The van der Waals surface area contributed by atoms with Gasteiger partial charge in [-0.3, -0.25) is 9.78 Å². The van der Waals surface area contributed by atoms with Crippen molar-refractivity contribution in [2.75, 3.05) is 13.1 Å². The summed E-state index contributed by atoms with van der Waals surface area (Å²) in [5.74, 6) is -0.437. The molecule has 100 valence electrons. The minimum atomic E-state index is -4.49. The van der Waals surface area contributed by atoms with E-state index in [1.807, 2.05) is 0 Å². The molecule has 1 amide bonds. The van der Waals surface area contributed by atoms with Crippen LogP contribution in [-0.2, 0) is 6.18 Å². The summed E-state index contributed by atoms with van der Waals surface area (Å²) >= 11 is 0. The molecule has 0 aromatic carbocycles. The largest absolute Gasteiger partial charge is 0.433 e. The van der Waals surface area contributed by atoms with Gasteiger partial charge in [-0.15, -0.1) is 0 Å². The molecule has 18 heavy (non-hydrogen) atoms. The van der Waals surface area contributed by atoms with Gasteiger partial charge in [0.25, 0.3) is 5.91 Å². The highest BCUT2D eigenvalue weighted by atomic mass is 19.4. The molecule has 1 heterocycles. The molecule has 0 aliphatic rings. The van der Waals surface area contributed by atoms with Gasteiger partial charge >= 0.3 is 6.18 Å². The topological polar surface area (TPSA) is 68.0 Å². The Balaban J connectivity index is 2.54. The highest BCUT2D eigenvalue weighted by molar-refractivity contribution is 5.93. The van der Waals surface area contributed by atoms with Gasteiger partial charge in [0.2, 0.25) is 0 Å². The molecule has 0 spiro atoms. The van der Waals surface area contributed by atoms with Crippen LogP contribution in [0.3, 0.4) is 0 Å². The Kier molecular flexibility index (Phi) is 5.08.